The SMILES string of the molecule is C=CC(=O)Oc1cc(C)ccc1Cc1ccc(C)cc1OC(=O)C=C. The molecule has 0 aliphatic rings. The molecule has 0 aliphatic carbocycles. The lowest BCUT2D eigenvalue weighted by Crippen LogP contribution is -2.08. The van der Waals surface area contributed by atoms with E-state index in [1.165, 1.54) is 0 Å². The minimum atomic E-state index is -0.519. The highest BCUT2D eigenvalue weighted by Crippen LogP contribution is 2.28. The van der Waals surface area contributed by atoms with Crippen LogP contribution in [0.15, 0.2) is 61.7 Å². The smallest absolute Gasteiger partial charge is 0.335 e. The molecule has 4 heteroatoms. The number of carbonyl (C=O) groups is 2. The second kappa shape index (κ2) is 8.11. The number of benzene rings is 2. The van der Waals surface area contributed by atoms with Gasteiger partial charge in [-0.2, -0.15) is 0 Å². The number of hydrogen-bond donors (Lipinski definition) is 0. The van der Waals surface area contributed by atoms with Crippen LogP contribution in [0.25, 0.3) is 0 Å². The van der Waals surface area contributed by atoms with Crippen molar-refractivity contribution < 1.29 is 19.1 Å². The molecule has 0 unspecified atom stereocenters. The molecular formula is C21H20O4. The summed E-state index contributed by atoms with van der Waals surface area (Å²) in [6, 6.07) is 11.2. The molecule has 0 spiro atoms. The van der Waals surface area contributed by atoms with Crippen LogP contribution in [0, 0.1) is 13.8 Å². The zero-order chi connectivity index (χ0) is 18.4. The van der Waals surface area contributed by atoms with E-state index in [1.807, 2.05) is 38.1 Å². The summed E-state index contributed by atoms with van der Waals surface area (Å²) >= 11 is 0. The molecule has 0 bridgehead atoms. The van der Waals surface area contributed by atoms with Crippen molar-refractivity contribution in [2.24, 2.45) is 0 Å². The predicted molar refractivity (Wildman–Crippen MR) is 96.8 cm³/mol. The predicted octanol–water partition coefficient (Wildman–Crippen LogP) is 4.08. The van der Waals surface area contributed by atoms with Gasteiger partial charge in [-0.15, -0.1) is 0 Å². The van der Waals surface area contributed by atoms with E-state index < -0.39 is 11.9 Å². The van der Waals surface area contributed by atoms with Gasteiger partial charge in [0.05, 0.1) is 0 Å². The Kier molecular flexibility index (Phi) is 5.90. The third kappa shape index (κ3) is 4.91. The van der Waals surface area contributed by atoms with Crippen LogP contribution >= 0.6 is 0 Å². The summed E-state index contributed by atoms with van der Waals surface area (Å²) in [5.41, 5.74) is 3.55. The maximum absolute atomic E-state index is 11.6. The standard InChI is InChI=1S/C21H20O4/c1-5-20(22)24-18-11-14(3)7-9-16(18)13-17-10-8-15(4)12-19(17)25-21(23)6-2/h5-12H,1-2,13H2,3-4H3. The molecule has 0 heterocycles. The molecule has 0 atom stereocenters. The van der Waals surface area contributed by atoms with Gasteiger partial charge in [0.1, 0.15) is 11.5 Å². The Bertz CT molecular complexity index is 764. The van der Waals surface area contributed by atoms with Crippen LogP contribution in [-0.2, 0) is 16.0 Å². The van der Waals surface area contributed by atoms with Gasteiger partial charge in [-0.3, -0.25) is 0 Å². The summed E-state index contributed by atoms with van der Waals surface area (Å²) in [6.07, 6.45) is 2.69. The monoisotopic (exact) mass is 336 g/mol. The Morgan fingerprint density at radius 1 is 0.840 bits per heavy atom. The van der Waals surface area contributed by atoms with Gasteiger partial charge in [0.2, 0.25) is 0 Å². The molecule has 0 saturated heterocycles. The van der Waals surface area contributed by atoms with Crippen molar-refractivity contribution in [3.05, 3.63) is 84.0 Å². The van der Waals surface area contributed by atoms with Crippen molar-refractivity contribution in [3.8, 4) is 11.5 Å². The molecule has 25 heavy (non-hydrogen) atoms. The van der Waals surface area contributed by atoms with Crippen LogP contribution < -0.4 is 9.47 Å². The largest absolute Gasteiger partial charge is 0.423 e. The van der Waals surface area contributed by atoms with E-state index in [1.54, 1.807) is 12.1 Å². The van der Waals surface area contributed by atoms with Gasteiger partial charge in [0.15, 0.2) is 0 Å². The Morgan fingerprint density at radius 3 is 1.60 bits per heavy atom. The van der Waals surface area contributed by atoms with Gasteiger partial charge in [0, 0.05) is 18.6 Å². The molecule has 0 aromatic heterocycles. The highest BCUT2D eigenvalue weighted by atomic mass is 16.5. The molecule has 0 radical (unpaired) electrons. The van der Waals surface area contributed by atoms with Crippen LogP contribution in [0.2, 0.25) is 0 Å². The third-order valence-corrected chi connectivity index (χ3v) is 3.58. The summed E-state index contributed by atoms with van der Waals surface area (Å²) < 4.78 is 10.7. The molecule has 128 valence electrons. The zero-order valence-corrected chi connectivity index (χ0v) is 14.4. The molecule has 0 N–H and O–H groups in total. The van der Waals surface area contributed by atoms with E-state index in [9.17, 15) is 9.59 Å². The normalized spacial score (nSPS) is 10.0. The first-order valence-corrected chi connectivity index (χ1v) is 7.80. The zero-order valence-electron chi connectivity index (χ0n) is 14.4. The Morgan fingerprint density at radius 2 is 1.24 bits per heavy atom. The molecule has 0 fully saturated rings. The number of rotatable bonds is 6. The quantitative estimate of drug-likeness (QED) is 0.453. The fourth-order valence-corrected chi connectivity index (χ4v) is 2.31. The fraction of sp³-hybridized carbons (Fsp3) is 0.143. The van der Waals surface area contributed by atoms with Crippen molar-refractivity contribution in [2.45, 2.75) is 20.3 Å². The average Bonchev–Trinajstić information content (AvgIpc) is 2.59. The minimum Gasteiger partial charge on any atom is -0.423 e. The number of hydrogen-bond acceptors (Lipinski definition) is 4. The number of ether oxygens (including phenoxy) is 2. The summed E-state index contributed by atoms with van der Waals surface area (Å²) in [4.78, 5) is 23.1. The highest BCUT2D eigenvalue weighted by Gasteiger charge is 2.13. The van der Waals surface area contributed by atoms with Gasteiger partial charge < -0.3 is 9.47 Å². The lowest BCUT2D eigenvalue weighted by molar-refractivity contribution is -0.129. The molecule has 2 aromatic carbocycles. The number of aryl methyl sites for hydroxylation is 2. The minimum absolute atomic E-state index is 0.445. The lowest BCUT2D eigenvalue weighted by Gasteiger charge is -2.13. The first-order valence-electron chi connectivity index (χ1n) is 7.80. The van der Waals surface area contributed by atoms with Crippen LogP contribution in [0.4, 0.5) is 0 Å². The average molecular weight is 336 g/mol. The summed E-state index contributed by atoms with van der Waals surface area (Å²) in [5, 5.41) is 0. The topological polar surface area (TPSA) is 52.6 Å². The van der Waals surface area contributed by atoms with E-state index in [0.717, 1.165) is 34.4 Å². The fourth-order valence-electron chi connectivity index (χ4n) is 2.31. The second-order valence-electron chi connectivity index (χ2n) is 5.65. The molecule has 4 nitrogen and oxygen atoms in total. The van der Waals surface area contributed by atoms with Gasteiger partial charge in [-0.25, -0.2) is 9.59 Å². The molecule has 0 saturated carbocycles. The van der Waals surface area contributed by atoms with Gasteiger partial charge in [0.25, 0.3) is 0 Å². The molecule has 0 amide bonds. The van der Waals surface area contributed by atoms with Gasteiger partial charge >= 0.3 is 11.9 Å². The molecule has 2 aromatic rings. The van der Waals surface area contributed by atoms with Crippen LogP contribution in [0.1, 0.15) is 22.3 Å². The van der Waals surface area contributed by atoms with E-state index in [0.29, 0.717) is 17.9 Å². The summed E-state index contributed by atoms with van der Waals surface area (Å²) in [5.74, 6) is -0.110. The van der Waals surface area contributed by atoms with Crippen molar-refractivity contribution >= 4 is 11.9 Å². The molecular weight excluding hydrogens is 316 g/mol. The van der Waals surface area contributed by atoms with Gasteiger partial charge in [-0.05, 0) is 48.2 Å². The first kappa shape index (κ1) is 18.2. The highest BCUT2D eigenvalue weighted by molar-refractivity contribution is 5.84. The van der Waals surface area contributed by atoms with E-state index >= 15 is 0 Å². The van der Waals surface area contributed by atoms with Crippen molar-refractivity contribution in [3.63, 3.8) is 0 Å². The Hall–Kier alpha value is -3.14. The van der Waals surface area contributed by atoms with Crippen LogP contribution in [0.5, 0.6) is 11.5 Å². The van der Waals surface area contributed by atoms with Crippen molar-refractivity contribution in [1.82, 2.24) is 0 Å². The van der Waals surface area contributed by atoms with Crippen LogP contribution in [-0.4, -0.2) is 11.9 Å². The van der Waals surface area contributed by atoms with E-state index in [2.05, 4.69) is 13.2 Å². The third-order valence-electron chi connectivity index (χ3n) is 3.58. The summed E-state index contributed by atoms with van der Waals surface area (Å²) in [6.45, 7) is 10.7. The Balaban J connectivity index is 2.39. The van der Waals surface area contributed by atoms with Gasteiger partial charge in [-0.1, -0.05) is 37.4 Å². The van der Waals surface area contributed by atoms with Crippen LogP contribution in [0.3, 0.4) is 0 Å². The van der Waals surface area contributed by atoms with Crippen molar-refractivity contribution in [1.29, 1.82) is 0 Å². The van der Waals surface area contributed by atoms with Crippen molar-refractivity contribution in [2.75, 3.05) is 0 Å². The number of carbonyl (C=O) groups excluding carboxylic acids is 2. The second-order valence-corrected chi connectivity index (χ2v) is 5.65. The molecule has 2 rings (SSSR count). The van der Waals surface area contributed by atoms with E-state index in [4.69, 9.17) is 9.47 Å². The summed E-state index contributed by atoms with van der Waals surface area (Å²) in [7, 11) is 0. The molecule has 0 aliphatic heterocycles. The first-order chi connectivity index (χ1) is 11.9. The van der Waals surface area contributed by atoms with E-state index in [-0.39, 0.29) is 0 Å². The number of esters is 2. The maximum Gasteiger partial charge on any atom is 0.335 e. The Labute approximate surface area is 147 Å². The maximum atomic E-state index is 11.6. The lowest BCUT2D eigenvalue weighted by atomic mass is 10.0.